The summed E-state index contributed by atoms with van der Waals surface area (Å²) in [4.78, 5) is 31.0. The number of hydrogen-bond donors (Lipinski definition) is 8. The topological polar surface area (TPSA) is 216 Å². The number of ether oxygens (including phenoxy) is 1. The Labute approximate surface area is 321 Å². The van der Waals surface area contributed by atoms with Crippen molar-refractivity contribution in [3.63, 3.8) is 0 Å². The summed E-state index contributed by atoms with van der Waals surface area (Å²) in [7, 11) is 0. The lowest BCUT2D eigenvalue weighted by atomic mass is 9.78. The van der Waals surface area contributed by atoms with Gasteiger partial charge in [0, 0.05) is 47.6 Å². The van der Waals surface area contributed by atoms with E-state index in [1.807, 2.05) is 19.2 Å². The normalized spacial score (nSPS) is 24.7. The van der Waals surface area contributed by atoms with Gasteiger partial charge in [-0.1, -0.05) is 18.9 Å². The lowest BCUT2D eigenvalue weighted by molar-refractivity contribution is -0.763. The minimum atomic E-state index is -2.34. The molecule has 4 aliphatic rings. The standard InChI is InChI=1S/C42H46N2O12/c1-22-13-33(48)30-14-25-15-35(41(2,26-5-3-4-6-26)55-38(25)36(39(30)54-22)44-18-24-11-12-43-31(24)19-44)56-53-21-42(52,40(51)37(50)34(49)20-45)17-23-7-10-32(47)28-9-8-27(46)16-29(23)28/h7-14,16,19,26,34-35,37,40,45-47,49-52H,3-6,15,17-18,20-21H2,1-2H3/p+1. The Bertz CT molecular complexity index is 2330. The summed E-state index contributed by atoms with van der Waals surface area (Å²) < 4.78 is 13.4. The number of quaternary nitrogens is 1. The van der Waals surface area contributed by atoms with Gasteiger partial charge in [0.05, 0.1) is 12.0 Å². The predicted molar refractivity (Wildman–Crippen MR) is 204 cm³/mol. The largest absolute Gasteiger partial charge is 0.508 e. The van der Waals surface area contributed by atoms with Gasteiger partial charge in [-0.2, -0.15) is 0 Å². The highest BCUT2D eigenvalue weighted by Crippen LogP contribution is 2.49. The molecule has 8 rings (SSSR count). The molecule has 3 aromatic carbocycles. The number of hydrogen-bond acceptors (Lipinski definition) is 13. The molecular formula is C42H47N2O12+. The number of phenolic OH excluding ortho intramolecular Hbond substituents is 2. The molecule has 1 aromatic heterocycles. The maximum Gasteiger partial charge on any atom is 0.222 e. The fourth-order valence-electron chi connectivity index (χ4n) is 8.87. The number of aromatic hydroxyl groups is 2. The number of aryl methyl sites for hydroxylation is 1. The van der Waals surface area contributed by atoms with Gasteiger partial charge in [-0.05, 0) is 74.0 Å². The van der Waals surface area contributed by atoms with Gasteiger partial charge in [0.1, 0.15) is 77.9 Å². The Morgan fingerprint density at radius 1 is 1.05 bits per heavy atom. The number of nitrogens with one attached hydrogen (secondary N) is 1. The molecule has 1 aliphatic carbocycles. The third-order valence-corrected chi connectivity index (χ3v) is 12.0. The first-order valence-electron chi connectivity index (χ1n) is 19.0. The lowest BCUT2D eigenvalue weighted by Gasteiger charge is -2.45. The second-order valence-corrected chi connectivity index (χ2v) is 15.8. The molecule has 7 unspecified atom stereocenters. The van der Waals surface area contributed by atoms with Crippen LogP contribution in [0, 0.1) is 12.8 Å². The summed E-state index contributed by atoms with van der Waals surface area (Å²) in [5.41, 5.74) is 0.601. The van der Waals surface area contributed by atoms with Gasteiger partial charge in [0.2, 0.25) is 11.3 Å². The number of allylic oxidation sites excluding steroid dienone is 1. The van der Waals surface area contributed by atoms with E-state index in [0.717, 1.165) is 41.9 Å². The highest BCUT2D eigenvalue weighted by atomic mass is 17.2. The molecule has 3 aliphatic heterocycles. The monoisotopic (exact) mass is 771 g/mol. The molecule has 1 saturated carbocycles. The molecule has 0 amide bonds. The number of aliphatic hydroxyl groups excluding tert-OH is 4. The molecule has 14 heteroatoms. The Morgan fingerprint density at radius 2 is 1.84 bits per heavy atom. The van der Waals surface area contributed by atoms with Crippen LogP contribution < -0.4 is 15.1 Å². The van der Waals surface area contributed by atoms with E-state index in [-0.39, 0.29) is 29.3 Å². The van der Waals surface area contributed by atoms with Gasteiger partial charge in [0.15, 0.2) is 11.2 Å². The van der Waals surface area contributed by atoms with Crippen molar-refractivity contribution in [2.24, 2.45) is 10.9 Å². The van der Waals surface area contributed by atoms with Crippen molar-refractivity contribution in [3.8, 4) is 17.2 Å². The van der Waals surface area contributed by atoms with Crippen LogP contribution in [0.1, 0.15) is 49.5 Å². The first-order chi connectivity index (χ1) is 26.8. The van der Waals surface area contributed by atoms with E-state index in [0.29, 0.717) is 56.6 Å². The maximum atomic E-state index is 13.5. The van der Waals surface area contributed by atoms with E-state index >= 15 is 0 Å². The van der Waals surface area contributed by atoms with Crippen LogP contribution in [-0.4, -0.2) is 97.3 Å². The van der Waals surface area contributed by atoms with Crippen LogP contribution in [0.5, 0.6) is 17.2 Å². The summed E-state index contributed by atoms with van der Waals surface area (Å²) in [6, 6.07) is 10.4. The first-order valence-corrected chi connectivity index (χ1v) is 19.0. The molecule has 0 radical (unpaired) electrons. The van der Waals surface area contributed by atoms with Crippen LogP contribution in [0.15, 0.2) is 80.2 Å². The van der Waals surface area contributed by atoms with Gasteiger partial charge in [-0.3, -0.25) is 14.7 Å². The summed E-state index contributed by atoms with van der Waals surface area (Å²) in [6.07, 6.45) is 2.67. The van der Waals surface area contributed by atoms with Gasteiger partial charge < -0.3 is 44.9 Å². The summed E-state index contributed by atoms with van der Waals surface area (Å²) >= 11 is 0. The van der Waals surface area contributed by atoms with Gasteiger partial charge in [0.25, 0.3) is 0 Å². The van der Waals surface area contributed by atoms with E-state index in [4.69, 9.17) is 18.9 Å². The number of rotatable bonds is 12. The average molecular weight is 772 g/mol. The minimum absolute atomic E-state index is 0.0398. The van der Waals surface area contributed by atoms with E-state index < -0.39 is 55.3 Å². The Morgan fingerprint density at radius 3 is 2.59 bits per heavy atom. The van der Waals surface area contributed by atoms with E-state index in [1.54, 1.807) is 19.2 Å². The zero-order chi connectivity index (χ0) is 39.5. The molecule has 56 heavy (non-hydrogen) atoms. The van der Waals surface area contributed by atoms with E-state index in [1.165, 1.54) is 36.4 Å². The van der Waals surface area contributed by atoms with Crippen molar-refractivity contribution in [1.82, 2.24) is 0 Å². The smallest absolute Gasteiger partial charge is 0.222 e. The summed E-state index contributed by atoms with van der Waals surface area (Å²) in [5, 5.41) is 76.0. The third kappa shape index (κ3) is 6.69. The predicted octanol–water partition coefficient (Wildman–Crippen LogP) is 2.30. The Balaban J connectivity index is 1.15. The molecule has 1 fully saturated rings. The zero-order valence-electron chi connectivity index (χ0n) is 31.1. The van der Waals surface area contributed by atoms with Gasteiger partial charge in [-0.25, -0.2) is 9.78 Å². The number of aliphatic hydroxyl groups is 5. The number of benzene rings is 3. The molecule has 14 nitrogen and oxygen atoms in total. The molecule has 4 heterocycles. The van der Waals surface area contributed by atoms with Crippen LogP contribution in [0.2, 0.25) is 0 Å². The molecule has 8 N–H and O–H groups in total. The number of phenols is 2. The summed E-state index contributed by atoms with van der Waals surface area (Å²) in [5.74, 6) is 0.921. The first kappa shape index (κ1) is 38.2. The second kappa shape index (κ2) is 14.7. The quantitative estimate of drug-likeness (QED) is 0.0770. The van der Waals surface area contributed by atoms with E-state index in [2.05, 4.69) is 4.99 Å². The Kier molecular flexibility index (Phi) is 10.0. The highest BCUT2D eigenvalue weighted by Gasteiger charge is 2.52. The molecule has 4 aromatic rings. The third-order valence-electron chi connectivity index (χ3n) is 12.0. The maximum absolute atomic E-state index is 13.5. The lowest BCUT2D eigenvalue weighted by Crippen LogP contribution is -3.01. The van der Waals surface area contributed by atoms with Crippen LogP contribution >= 0.6 is 0 Å². The van der Waals surface area contributed by atoms with Gasteiger partial charge >= 0.3 is 0 Å². The van der Waals surface area contributed by atoms with Crippen LogP contribution in [0.3, 0.4) is 0 Å². The Hall–Kier alpha value is -4.64. The minimum Gasteiger partial charge on any atom is -0.508 e. The fourth-order valence-corrected chi connectivity index (χ4v) is 8.87. The molecule has 0 bridgehead atoms. The van der Waals surface area contributed by atoms with Crippen molar-refractivity contribution < 1.29 is 59.6 Å². The number of fused-ring (bicyclic) bond motifs is 4. The SMILES string of the molecule is Cc1cc(=O)c2cc3c(c([NH+]4C=C5N=CC=C5C4)c2o1)OC(C)(C1CCCC1)C(OOCC(O)(Cc1ccc(O)c2ccc(O)cc12)C(O)C(O)C(O)CO)C3. The van der Waals surface area contributed by atoms with Crippen molar-refractivity contribution in [2.45, 2.75) is 88.0 Å². The zero-order valence-corrected chi connectivity index (χ0v) is 31.1. The number of nitrogens with zero attached hydrogens (tertiary/aromatic N) is 1. The van der Waals surface area contributed by atoms with Crippen LogP contribution in [-0.2, 0) is 22.6 Å². The van der Waals surface area contributed by atoms with E-state index in [9.17, 15) is 40.5 Å². The molecule has 296 valence electrons. The van der Waals surface area contributed by atoms with Crippen molar-refractivity contribution in [1.29, 1.82) is 0 Å². The molecule has 7 atom stereocenters. The molecule has 0 saturated heterocycles. The van der Waals surface area contributed by atoms with Crippen LogP contribution in [0.4, 0.5) is 5.69 Å². The second-order valence-electron chi connectivity index (χ2n) is 15.8. The van der Waals surface area contributed by atoms with Crippen molar-refractivity contribution in [3.05, 3.63) is 93.1 Å². The fraction of sp³-hybridized carbons (Fsp3) is 0.429. The molecular weight excluding hydrogens is 724 g/mol. The van der Waals surface area contributed by atoms with Crippen molar-refractivity contribution in [2.75, 3.05) is 19.8 Å². The number of aliphatic imine (C=N–C) groups is 1. The molecule has 0 spiro atoms. The average Bonchev–Trinajstić information content (AvgIpc) is 3.95. The highest BCUT2D eigenvalue weighted by molar-refractivity contribution is 5.92. The van der Waals surface area contributed by atoms with Crippen LogP contribution in [0.25, 0.3) is 21.7 Å². The van der Waals surface area contributed by atoms with Gasteiger partial charge in [-0.15, -0.1) is 0 Å². The summed E-state index contributed by atoms with van der Waals surface area (Å²) in [6.45, 7) is 2.68. The van der Waals surface area contributed by atoms with Crippen molar-refractivity contribution >= 4 is 33.6 Å².